The van der Waals surface area contributed by atoms with Gasteiger partial charge in [0.15, 0.2) is 0 Å². The summed E-state index contributed by atoms with van der Waals surface area (Å²) < 4.78 is 5.31. The minimum absolute atomic E-state index is 0.0661. The summed E-state index contributed by atoms with van der Waals surface area (Å²) in [5.74, 6) is 0.113. The van der Waals surface area contributed by atoms with E-state index < -0.39 is 0 Å². The molecule has 3 amide bonds. The first-order valence-corrected chi connectivity index (χ1v) is 8.12. The van der Waals surface area contributed by atoms with Crippen molar-refractivity contribution >= 4 is 11.9 Å². The quantitative estimate of drug-likeness (QED) is 0.750. The van der Waals surface area contributed by atoms with Crippen LogP contribution < -0.4 is 10.6 Å². The Hall–Kier alpha value is -1.34. The molecule has 0 radical (unpaired) electrons. The van der Waals surface area contributed by atoms with Crippen LogP contribution in [0.1, 0.15) is 27.2 Å². The lowest BCUT2D eigenvalue weighted by Gasteiger charge is -2.29. The molecule has 2 aliphatic rings. The molecule has 2 atom stereocenters. The standard InChI is InChI=1S/C15H28N4O3/c1-11(2)19-10-13(8-14(19)20)17-15(21)16-12(3)9-18-4-6-22-7-5-18/h11-13H,4-10H2,1-3H3,(H2,16,17,21)/t12-,13-/m1/s1. The molecule has 0 bridgehead atoms. The van der Waals surface area contributed by atoms with Crippen molar-refractivity contribution in [1.29, 1.82) is 0 Å². The molecule has 2 N–H and O–H groups in total. The van der Waals surface area contributed by atoms with E-state index in [1.54, 1.807) is 0 Å². The molecule has 2 aliphatic heterocycles. The maximum Gasteiger partial charge on any atom is 0.315 e. The number of nitrogens with zero attached hydrogens (tertiary/aromatic N) is 2. The lowest BCUT2D eigenvalue weighted by Crippen LogP contribution is -2.50. The number of hydrogen-bond donors (Lipinski definition) is 2. The number of ether oxygens (including phenoxy) is 1. The van der Waals surface area contributed by atoms with Crippen molar-refractivity contribution in [2.75, 3.05) is 39.4 Å². The highest BCUT2D eigenvalue weighted by Crippen LogP contribution is 2.14. The van der Waals surface area contributed by atoms with Crippen LogP contribution in [-0.2, 0) is 9.53 Å². The van der Waals surface area contributed by atoms with Crippen LogP contribution in [0.2, 0.25) is 0 Å². The van der Waals surface area contributed by atoms with Gasteiger partial charge in [0.1, 0.15) is 0 Å². The van der Waals surface area contributed by atoms with Gasteiger partial charge in [-0.2, -0.15) is 0 Å². The highest BCUT2D eigenvalue weighted by Gasteiger charge is 2.32. The Morgan fingerprint density at radius 1 is 1.32 bits per heavy atom. The summed E-state index contributed by atoms with van der Waals surface area (Å²) >= 11 is 0. The average Bonchev–Trinajstić information content (AvgIpc) is 2.80. The zero-order valence-electron chi connectivity index (χ0n) is 13.8. The van der Waals surface area contributed by atoms with Gasteiger partial charge in [-0.15, -0.1) is 0 Å². The van der Waals surface area contributed by atoms with Crippen molar-refractivity contribution in [1.82, 2.24) is 20.4 Å². The number of hydrogen-bond acceptors (Lipinski definition) is 4. The molecule has 0 aromatic heterocycles. The largest absolute Gasteiger partial charge is 0.379 e. The van der Waals surface area contributed by atoms with Gasteiger partial charge in [0, 0.05) is 44.7 Å². The monoisotopic (exact) mass is 312 g/mol. The van der Waals surface area contributed by atoms with Crippen LogP contribution in [-0.4, -0.2) is 79.3 Å². The van der Waals surface area contributed by atoms with E-state index >= 15 is 0 Å². The molecule has 0 spiro atoms. The van der Waals surface area contributed by atoms with E-state index in [1.807, 2.05) is 25.7 Å². The molecular formula is C15H28N4O3. The Kier molecular flexibility index (Phi) is 6.02. The maximum absolute atomic E-state index is 12.0. The van der Waals surface area contributed by atoms with Crippen molar-refractivity contribution < 1.29 is 14.3 Å². The van der Waals surface area contributed by atoms with Crippen LogP contribution in [0.15, 0.2) is 0 Å². The van der Waals surface area contributed by atoms with Crippen molar-refractivity contribution in [3.05, 3.63) is 0 Å². The molecule has 7 heteroatoms. The summed E-state index contributed by atoms with van der Waals surface area (Å²) in [7, 11) is 0. The molecule has 2 rings (SSSR count). The second-order valence-electron chi connectivity index (χ2n) is 6.47. The first-order chi connectivity index (χ1) is 10.5. The van der Waals surface area contributed by atoms with Crippen LogP contribution in [0.4, 0.5) is 4.79 Å². The van der Waals surface area contributed by atoms with Gasteiger partial charge in [-0.05, 0) is 20.8 Å². The normalized spacial score (nSPS) is 24.6. The number of urea groups is 1. The summed E-state index contributed by atoms with van der Waals surface area (Å²) in [4.78, 5) is 28.0. The molecule has 22 heavy (non-hydrogen) atoms. The van der Waals surface area contributed by atoms with E-state index in [9.17, 15) is 9.59 Å². The third kappa shape index (κ3) is 4.84. The lowest BCUT2D eigenvalue weighted by atomic mass is 10.2. The van der Waals surface area contributed by atoms with Gasteiger partial charge in [0.25, 0.3) is 0 Å². The van der Waals surface area contributed by atoms with Gasteiger partial charge < -0.3 is 20.3 Å². The summed E-state index contributed by atoms with van der Waals surface area (Å²) in [5, 5.41) is 5.86. The highest BCUT2D eigenvalue weighted by molar-refractivity contribution is 5.81. The van der Waals surface area contributed by atoms with Crippen LogP contribution in [0, 0.1) is 0 Å². The van der Waals surface area contributed by atoms with Gasteiger partial charge in [0.2, 0.25) is 5.91 Å². The zero-order chi connectivity index (χ0) is 16.1. The molecule has 126 valence electrons. The highest BCUT2D eigenvalue weighted by atomic mass is 16.5. The fourth-order valence-corrected chi connectivity index (χ4v) is 2.99. The Morgan fingerprint density at radius 2 is 2.00 bits per heavy atom. The van der Waals surface area contributed by atoms with Gasteiger partial charge in [-0.1, -0.05) is 0 Å². The SMILES string of the molecule is CC(C)N1C[C@H](NC(=O)N[C@H](C)CN2CCOCC2)CC1=O. The fourth-order valence-electron chi connectivity index (χ4n) is 2.99. The number of nitrogens with one attached hydrogen (secondary N) is 2. The average molecular weight is 312 g/mol. The van der Waals surface area contributed by atoms with Crippen LogP contribution >= 0.6 is 0 Å². The molecular weight excluding hydrogens is 284 g/mol. The van der Waals surface area contributed by atoms with Crippen LogP contribution in [0.5, 0.6) is 0 Å². The lowest BCUT2D eigenvalue weighted by molar-refractivity contribution is -0.129. The Morgan fingerprint density at radius 3 is 2.59 bits per heavy atom. The third-order valence-electron chi connectivity index (χ3n) is 4.13. The number of carbonyl (C=O) groups is 2. The summed E-state index contributed by atoms with van der Waals surface area (Å²) in [6.07, 6.45) is 0.392. The molecule has 0 unspecified atom stereocenters. The summed E-state index contributed by atoms with van der Waals surface area (Å²) in [6.45, 7) is 10.7. The van der Waals surface area contributed by atoms with E-state index in [0.717, 1.165) is 32.8 Å². The zero-order valence-corrected chi connectivity index (χ0v) is 13.8. The van der Waals surface area contributed by atoms with E-state index in [4.69, 9.17) is 4.74 Å². The number of carbonyl (C=O) groups excluding carboxylic acids is 2. The predicted molar refractivity (Wildman–Crippen MR) is 83.6 cm³/mol. The maximum atomic E-state index is 12.0. The molecule has 0 aromatic rings. The van der Waals surface area contributed by atoms with Crippen molar-refractivity contribution in [2.24, 2.45) is 0 Å². The minimum Gasteiger partial charge on any atom is -0.379 e. The second-order valence-corrected chi connectivity index (χ2v) is 6.47. The van der Waals surface area contributed by atoms with Crippen molar-refractivity contribution in [2.45, 2.75) is 45.3 Å². The van der Waals surface area contributed by atoms with E-state index in [2.05, 4.69) is 15.5 Å². The number of amides is 3. The summed E-state index contributed by atoms with van der Waals surface area (Å²) in [5.41, 5.74) is 0. The van der Waals surface area contributed by atoms with Crippen molar-refractivity contribution in [3.63, 3.8) is 0 Å². The van der Waals surface area contributed by atoms with Crippen LogP contribution in [0.25, 0.3) is 0 Å². The van der Waals surface area contributed by atoms with Gasteiger partial charge >= 0.3 is 6.03 Å². The summed E-state index contributed by atoms with van der Waals surface area (Å²) in [6, 6.07) is -0.0336. The molecule has 0 saturated carbocycles. The van der Waals surface area contributed by atoms with Crippen LogP contribution in [0.3, 0.4) is 0 Å². The Balaban J connectivity index is 1.70. The number of morpholine rings is 1. The predicted octanol–water partition coefficient (Wildman–Crippen LogP) is 0.0156. The Labute approximate surface area is 132 Å². The minimum atomic E-state index is -0.191. The Bertz CT molecular complexity index is 396. The first-order valence-electron chi connectivity index (χ1n) is 8.12. The molecule has 2 saturated heterocycles. The van der Waals surface area contributed by atoms with E-state index in [1.165, 1.54) is 0 Å². The topological polar surface area (TPSA) is 73.9 Å². The third-order valence-corrected chi connectivity index (χ3v) is 4.13. The van der Waals surface area contributed by atoms with E-state index in [-0.39, 0.29) is 30.1 Å². The number of likely N-dealkylation sites (tertiary alicyclic amines) is 1. The smallest absolute Gasteiger partial charge is 0.315 e. The second kappa shape index (κ2) is 7.78. The molecule has 0 aromatic carbocycles. The van der Waals surface area contributed by atoms with Gasteiger partial charge in [0.05, 0.1) is 19.3 Å². The molecule has 0 aliphatic carbocycles. The molecule has 2 fully saturated rings. The molecule has 7 nitrogen and oxygen atoms in total. The van der Waals surface area contributed by atoms with E-state index in [0.29, 0.717) is 13.0 Å². The van der Waals surface area contributed by atoms with Gasteiger partial charge in [-0.3, -0.25) is 9.69 Å². The van der Waals surface area contributed by atoms with Gasteiger partial charge in [-0.25, -0.2) is 4.79 Å². The van der Waals surface area contributed by atoms with Crippen molar-refractivity contribution in [3.8, 4) is 0 Å². The number of rotatable bonds is 5. The molecule has 2 heterocycles. The first kappa shape index (κ1) is 17.0. The fraction of sp³-hybridized carbons (Fsp3) is 0.867.